The fourth-order valence-corrected chi connectivity index (χ4v) is 3.24. The minimum Gasteiger partial charge on any atom is -0.454 e. The summed E-state index contributed by atoms with van der Waals surface area (Å²) in [6.07, 6.45) is -4.33. The molecule has 11 heteroatoms. The van der Waals surface area contributed by atoms with Gasteiger partial charge in [-0.15, -0.1) is 0 Å². The molecule has 1 amide bonds. The Morgan fingerprint density at radius 1 is 1.00 bits per heavy atom. The normalized spacial score (nSPS) is 12.1. The van der Waals surface area contributed by atoms with E-state index in [-0.39, 0.29) is 16.9 Å². The van der Waals surface area contributed by atoms with Gasteiger partial charge in [-0.1, -0.05) is 24.3 Å². The van der Waals surface area contributed by atoms with Crippen molar-refractivity contribution in [2.45, 2.75) is 32.5 Å². The van der Waals surface area contributed by atoms with Gasteiger partial charge in [0.2, 0.25) is 5.69 Å². The maximum atomic E-state index is 13.0. The van der Waals surface area contributed by atoms with Crippen molar-refractivity contribution in [1.29, 1.82) is 0 Å². The molecular weight excluding hydrogens is 453 g/mol. The highest BCUT2D eigenvalue weighted by molar-refractivity contribution is 6.03. The second-order valence-corrected chi connectivity index (χ2v) is 8.31. The molecule has 4 aromatic rings. The number of halogens is 3. The molecule has 0 aliphatic rings. The first-order valence-corrected chi connectivity index (χ1v) is 10.1. The van der Waals surface area contributed by atoms with Crippen LogP contribution in [0, 0.1) is 0 Å². The number of alkyl halides is 3. The number of carbonyl (C=O) groups excluding carboxylic acids is 1. The number of pyridine rings is 1. The van der Waals surface area contributed by atoms with Crippen molar-refractivity contribution in [1.82, 2.24) is 15.0 Å². The molecule has 0 spiro atoms. The highest BCUT2D eigenvalue weighted by Crippen LogP contribution is 2.36. The molecule has 2 heterocycles. The molecule has 0 bridgehead atoms. The van der Waals surface area contributed by atoms with Gasteiger partial charge in [-0.05, 0) is 32.9 Å². The monoisotopic (exact) mass is 472 g/mol. The van der Waals surface area contributed by atoms with Crippen molar-refractivity contribution in [3.8, 4) is 11.5 Å². The predicted molar refractivity (Wildman–Crippen MR) is 119 cm³/mol. The number of nitrogens with zero attached hydrogens (tertiary/aromatic N) is 2. The van der Waals surface area contributed by atoms with Crippen molar-refractivity contribution in [3.63, 3.8) is 0 Å². The number of hydrogen-bond donors (Lipinski definition) is 2. The summed E-state index contributed by atoms with van der Waals surface area (Å²) in [4.78, 5) is 33.5. The summed E-state index contributed by atoms with van der Waals surface area (Å²) < 4.78 is 50.4. The molecule has 2 aromatic carbocycles. The van der Waals surface area contributed by atoms with Crippen molar-refractivity contribution in [2.24, 2.45) is 0 Å². The number of aromatic amines is 1. The van der Waals surface area contributed by atoms with E-state index in [1.54, 1.807) is 57.2 Å². The van der Waals surface area contributed by atoms with Crippen molar-refractivity contribution in [2.75, 3.05) is 5.32 Å². The summed E-state index contributed by atoms with van der Waals surface area (Å²) in [5.41, 5.74) is -3.60. The molecule has 0 radical (unpaired) electrons. The van der Waals surface area contributed by atoms with Gasteiger partial charge in [0.25, 0.3) is 5.56 Å². The first-order valence-electron chi connectivity index (χ1n) is 10.1. The Kier molecular flexibility index (Phi) is 5.64. The third kappa shape index (κ3) is 4.77. The lowest BCUT2D eigenvalue weighted by Crippen LogP contribution is -2.27. The molecule has 0 aliphatic carbocycles. The number of benzene rings is 2. The van der Waals surface area contributed by atoms with Crippen LogP contribution in [0.25, 0.3) is 21.9 Å². The number of anilines is 1. The zero-order chi connectivity index (χ0) is 24.7. The second-order valence-electron chi connectivity index (χ2n) is 8.31. The van der Waals surface area contributed by atoms with E-state index in [1.807, 2.05) is 0 Å². The molecule has 0 aliphatic heterocycles. The van der Waals surface area contributed by atoms with Gasteiger partial charge in [-0.25, -0.2) is 14.8 Å². The number of amides is 1. The number of rotatable bonds is 3. The predicted octanol–water partition coefficient (Wildman–Crippen LogP) is 5.63. The van der Waals surface area contributed by atoms with Crippen LogP contribution in [0.3, 0.4) is 0 Å². The second kappa shape index (κ2) is 8.32. The highest BCUT2D eigenvalue weighted by Gasteiger charge is 2.36. The van der Waals surface area contributed by atoms with Crippen LogP contribution in [0.5, 0.6) is 11.5 Å². The van der Waals surface area contributed by atoms with Crippen molar-refractivity contribution < 1.29 is 27.4 Å². The van der Waals surface area contributed by atoms with E-state index in [1.165, 1.54) is 12.3 Å². The van der Waals surface area contributed by atoms with Gasteiger partial charge in [0.15, 0.2) is 11.4 Å². The van der Waals surface area contributed by atoms with Gasteiger partial charge >= 0.3 is 12.3 Å². The molecule has 34 heavy (non-hydrogen) atoms. The van der Waals surface area contributed by atoms with Crippen molar-refractivity contribution in [3.05, 3.63) is 64.7 Å². The Hall–Kier alpha value is -4.15. The van der Waals surface area contributed by atoms with E-state index < -0.39 is 29.1 Å². The third-order valence-electron chi connectivity index (χ3n) is 4.57. The largest absolute Gasteiger partial charge is 0.454 e. The maximum Gasteiger partial charge on any atom is 0.438 e. The summed E-state index contributed by atoms with van der Waals surface area (Å²) in [5, 5.41) is 3.93. The fourth-order valence-electron chi connectivity index (χ4n) is 3.24. The van der Waals surface area contributed by atoms with Crippen LogP contribution in [0.1, 0.15) is 26.5 Å². The fraction of sp³-hybridized carbons (Fsp3) is 0.217. The van der Waals surface area contributed by atoms with Gasteiger partial charge in [0, 0.05) is 23.0 Å². The molecule has 2 N–H and O–H groups in total. The topological polar surface area (TPSA) is 106 Å². The number of carbonyl (C=O) groups is 1. The summed E-state index contributed by atoms with van der Waals surface area (Å²) in [6.45, 7) is 5.24. The van der Waals surface area contributed by atoms with Crippen LogP contribution >= 0.6 is 0 Å². The number of fused-ring (bicyclic) bond motifs is 2. The molecular formula is C23H19F3N4O4. The lowest BCUT2D eigenvalue weighted by molar-refractivity contribution is -0.142. The van der Waals surface area contributed by atoms with E-state index in [9.17, 15) is 22.8 Å². The van der Waals surface area contributed by atoms with Gasteiger partial charge in [0.1, 0.15) is 16.9 Å². The molecule has 4 rings (SSSR count). The van der Waals surface area contributed by atoms with Crippen LogP contribution in [-0.2, 0) is 10.9 Å². The quantitative estimate of drug-likeness (QED) is 0.400. The minimum atomic E-state index is -4.92. The number of aromatic nitrogens is 3. The van der Waals surface area contributed by atoms with Crippen LogP contribution in [0.15, 0.2) is 53.5 Å². The standard InChI is InChI=1S/C23H19F3N4O4/c1-22(2,3)34-21(32)28-14-8-9-15(13-7-5-4-6-12(13)14)33-16-10-11-27-19-17(16)29-20(31)18(30-19)23(24,25)26/h4-11H,1-3H3,(H,28,32)(H,29,31). The summed E-state index contributed by atoms with van der Waals surface area (Å²) in [6, 6.07) is 11.6. The number of H-pyrrole nitrogens is 1. The van der Waals surface area contributed by atoms with E-state index >= 15 is 0 Å². The Morgan fingerprint density at radius 3 is 2.38 bits per heavy atom. The smallest absolute Gasteiger partial charge is 0.438 e. The van der Waals surface area contributed by atoms with Crippen LogP contribution in [-0.4, -0.2) is 26.6 Å². The van der Waals surface area contributed by atoms with Gasteiger partial charge < -0.3 is 14.5 Å². The Morgan fingerprint density at radius 2 is 1.71 bits per heavy atom. The zero-order valence-electron chi connectivity index (χ0n) is 18.3. The molecule has 0 fully saturated rings. The average Bonchev–Trinajstić information content (AvgIpc) is 2.73. The Bertz CT molecular complexity index is 1460. The number of hydrogen-bond acceptors (Lipinski definition) is 6. The maximum absolute atomic E-state index is 13.0. The summed E-state index contributed by atoms with van der Waals surface area (Å²) in [7, 11) is 0. The zero-order valence-corrected chi connectivity index (χ0v) is 18.3. The van der Waals surface area contributed by atoms with Crippen LogP contribution < -0.4 is 15.6 Å². The lowest BCUT2D eigenvalue weighted by Gasteiger charge is -2.20. The SMILES string of the molecule is CC(C)(C)OC(=O)Nc1ccc(Oc2ccnc3nc(C(F)(F)F)c(=O)[nH]c23)c2ccccc12. The minimum absolute atomic E-state index is 0.0568. The van der Waals surface area contributed by atoms with E-state index in [2.05, 4.69) is 20.3 Å². The molecule has 0 unspecified atom stereocenters. The number of ether oxygens (including phenoxy) is 2. The van der Waals surface area contributed by atoms with Crippen LogP contribution in [0.2, 0.25) is 0 Å². The average molecular weight is 472 g/mol. The van der Waals surface area contributed by atoms with Gasteiger partial charge in [-0.3, -0.25) is 10.1 Å². The van der Waals surface area contributed by atoms with Crippen molar-refractivity contribution >= 4 is 33.7 Å². The Balaban J connectivity index is 1.74. The van der Waals surface area contributed by atoms with E-state index in [0.29, 0.717) is 22.2 Å². The third-order valence-corrected chi connectivity index (χ3v) is 4.57. The number of nitrogens with one attached hydrogen (secondary N) is 2. The van der Waals surface area contributed by atoms with Gasteiger partial charge in [0.05, 0.1) is 5.69 Å². The highest BCUT2D eigenvalue weighted by atomic mass is 19.4. The van der Waals surface area contributed by atoms with E-state index in [4.69, 9.17) is 9.47 Å². The van der Waals surface area contributed by atoms with Gasteiger partial charge in [-0.2, -0.15) is 13.2 Å². The lowest BCUT2D eigenvalue weighted by atomic mass is 10.1. The summed E-state index contributed by atoms with van der Waals surface area (Å²) in [5.74, 6) is 0.389. The summed E-state index contributed by atoms with van der Waals surface area (Å²) >= 11 is 0. The van der Waals surface area contributed by atoms with E-state index in [0.717, 1.165) is 0 Å². The molecule has 0 saturated carbocycles. The Labute approximate surface area is 190 Å². The molecule has 8 nitrogen and oxygen atoms in total. The van der Waals surface area contributed by atoms with Crippen LogP contribution in [0.4, 0.5) is 23.7 Å². The first-order chi connectivity index (χ1) is 15.9. The molecule has 0 atom stereocenters. The molecule has 176 valence electrons. The molecule has 0 saturated heterocycles. The first kappa shape index (κ1) is 23.0. The molecule has 2 aromatic heterocycles.